The van der Waals surface area contributed by atoms with Gasteiger partial charge in [-0.15, -0.1) is 0 Å². The van der Waals surface area contributed by atoms with Crippen molar-refractivity contribution < 1.29 is 70.8 Å². The van der Waals surface area contributed by atoms with Crippen molar-refractivity contribution in [1.82, 2.24) is 14.7 Å². The fourth-order valence-electron chi connectivity index (χ4n) is 7.99. The minimum absolute atomic E-state index is 0.0231. The normalized spacial score (nSPS) is 17.3. The number of carbonyl (C=O) groups is 7. The van der Waals surface area contributed by atoms with E-state index in [-0.39, 0.29) is 44.1 Å². The summed E-state index contributed by atoms with van der Waals surface area (Å²) in [4.78, 5) is 100. The smallest absolute Gasteiger partial charge is 0.348 e. The minimum atomic E-state index is -2.02. The van der Waals surface area contributed by atoms with Crippen molar-refractivity contribution in [2.24, 2.45) is 11.8 Å². The second-order valence-electron chi connectivity index (χ2n) is 19.5. The molecule has 3 rings (SSSR count). The lowest BCUT2D eigenvalue weighted by molar-refractivity contribution is -0.176. The third-order valence-electron chi connectivity index (χ3n) is 12.0. The van der Waals surface area contributed by atoms with Crippen LogP contribution < -0.4 is 0 Å². The van der Waals surface area contributed by atoms with Crippen LogP contribution in [-0.2, 0) is 68.6 Å². The maximum absolute atomic E-state index is 15.4. The van der Waals surface area contributed by atoms with Crippen LogP contribution in [0.25, 0.3) is 0 Å². The number of esters is 4. The van der Waals surface area contributed by atoms with E-state index in [4.69, 9.17) is 28.4 Å². The number of halogens is 2. The molecule has 1 aromatic carbocycles. The Kier molecular flexibility index (Phi) is 22.5. The highest BCUT2D eigenvalue weighted by Crippen LogP contribution is 2.28. The Morgan fingerprint density at radius 1 is 0.706 bits per heavy atom. The van der Waals surface area contributed by atoms with Gasteiger partial charge in [0.2, 0.25) is 12.0 Å². The van der Waals surface area contributed by atoms with Gasteiger partial charge in [-0.05, 0) is 84.1 Å². The van der Waals surface area contributed by atoms with E-state index in [1.54, 1.807) is 37.3 Å². The fourth-order valence-corrected chi connectivity index (χ4v) is 7.99. The molecule has 0 unspecified atom stereocenters. The Morgan fingerprint density at radius 2 is 1.25 bits per heavy atom. The third-order valence-corrected chi connectivity index (χ3v) is 12.0. The maximum atomic E-state index is 15.4. The quantitative estimate of drug-likeness (QED) is 0.0609. The number of amides is 3. The molecular weight excluding hydrogens is 889 g/mol. The number of alkyl halides is 2. The summed E-state index contributed by atoms with van der Waals surface area (Å²) in [6.45, 7) is 12.9. The van der Waals surface area contributed by atoms with Crippen molar-refractivity contribution in [3.63, 3.8) is 0 Å². The van der Waals surface area contributed by atoms with E-state index < -0.39 is 102 Å². The number of ether oxygens (including phenoxy) is 6. The average molecular weight is 964 g/mol. The zero-order valence-electron chi connectivity index (χ0n) is 41.9. The maximum Gasteiger partial charge on any atom is 0.348 e. The Bertz CT molecular complexity index is 1880. The second kappa shape index (κ2) is 26.7. The van der Waals surface area contributed by atoms with E-state index >= 15 is 8.78 Å². The van der Waals surface area contributed by atoms with Gasteiger partial charge in [-0.25, -0.2) is 28.0 Å². The Balaban J connectivity index is 1.87. The molecule has 2 aliphatic heterocycles. The van der Waals surface area contributed by atoms with Crippen LogP contribution in [0.2, 0.25) is 0 Å². The summed E-state index contributed by atoms with van der Waals surface area (Å²) in [6, 6.07) is 4.64. The molecule has 68 heavy (non-hydrogen) atoms. The predicted molar refractivity (Wildman–Crippen MR) is 247 cm³/mol. The number of hydrogen-bond acceptors (Lipinski definition) is 13. The number of benzene rings is 1. The monoisotopic (exact) mass is 964 g/mol. The third kappa shape index (κ3) is 18.8. The summed E-state index contributed by atoms with van der Waals surface area (Å²) >= 11 is 0. The van der Waals surface area contributed by atoms with Crippen LogP contribution in [0.3, 0.4) is 0 Å². The largest absolute Gasteiger partial charge is 0.458 e. The molecule has 0 N–H and O–H groups in total. The summed E-state index contributed by atoms with van der Waals surface area (Å²) in [5.41, 5.74) is -2.43. The summed E-state index contributed by atoms with van der Waals surface area (Å²) in [5.74, 6) is -6.31. The van der Waals surface area contributed by atoms with Gasteiger partial charge in [0.15, 0.2) is 12.2 Å². The molecule has 1 aromatic rings. The SMILES string of the molecule is CCC(=O)N(C)[C@@H](CC(C)(C)F)C(=O)O[C@H](CC1CCOCC1)C(=O)N(C)[C@@H](CC(C)C)C(=O)O[C@H](C)C(=O)N(C)[C@@H](CC(C)(C)F)C(=O)O[C@H](CC1=CCOCC1)C(=O)OCc1ccccc1. The van der Waals surface area contributed by atoms with E-state index in [9.17, 15) is 33.6 Å². The molecule has 2 aliphatic rings. The molecule has 16 nitrogen and oxygen atoms in total. The minimum Gasteiger partial charge on any atom is -0.458 e. The van der Waals surface area contributed by atoms with Crippen LogP contribution in [0, 0.1) is 11.8 Å². The summed E-state index contributed by atoms with van der Waals surface area (Å²) in [5, 5.41) is 0. The topological polar surface area (TPSA) is 185 Å². The van der Waals surface area contributed by atoms with Crippen LogP contribution in [-0.4, -0.2) is 152 Å². The van der Waals surface area contributed by atoms with Gasteiger partial charge in [-0.2, -0.15) is 0 Å². The first-order valence-electron chi connectivity index (χ1n) is 23.6. The molecule has 0 saturated carbocycles. The van der Waals surface area contributed by atoms with E-state index in [1.807, 2.05) is 19.9 Å². The number of hydrogen-bond donors (Lipinski definition) is 0. The zero-order valence-corrected chi connectivity index (χ0v) is 41.9. The van der Waals surface area contributed by atoms with Crippen LogP contribution in [0.4, 0.5) is 8.78 Å². The first-order chi connectivity index (χ1) is 31.8. The molecule has 0 aromatic heterocycles. The van der Waals surface area contributed by atoms with Crippen molar-refractivity contribution in [2.45, 2.75) is 168 Å². The van der Waals surface area contributed by atoms with Crippen LogP contribution in [0.5, 0.6) is 0 Å². The van der Waals surface area contributed by atoms with Gasteiger partial charge in [0.05, 0.1) is 13.2 Å². The molecule has 18 heteroatoms. The van der Waals surface area contributed by atoms with Gasteiger partial charge >= 0.3 is 23.9 Å². The highest BCUT2D eigenvalue weighted by molar-refractivity contribution is 5.92. The molecule has 6 atom stereocenters. The Labute approximate surface area is 400 Å². The summed E-state index contributed by atoms with van der Waals surface area (Å²) in [7, 11) is 3.95. The van der Waals surface area contributed by atoms with E-state index in [0.29, 0.717) is 51.3 Å². The molecule has 2 heterocycles. The van der Waals surface area contributed by atoms with Crippen LogP contribution in [0.1, 0.15) is 119 Å². The van der Waals surface area contributed by atoms with Crippen molar-refractivity contribution in [3.8, 4) is 0 Å². The summed E-state index contributed by atoms with van der Waals surface area (Å²) < 4.78 is 64.3. The van der Waals surface area contributed by atoms with Gasteiger partial charge in [0.1, 0.15) is 36.1 Å². The zero-order chi connectivity index (χ0) is 50.9. The lowest BCUT2D eigenvalue weighted by Crippen LogP contribution is -2.53. The lowest BCUT2D eigenvalue weighted by atomic mass is 9.92. The van der Waals surface area contributed by atoms with Gasteiger partial charge < -0.3 is 43.1 Å². The van der Waals surface area contributed by atoms with Gasteiger partial charge in [-0.1, -0.05) is 62.8 Å². The molecule has 1 fully saturated rings. The number of carbonyl (C=O) groups excluding carboxylic acids is 7. The van der Waals surface area contributed by atoms with Crippen LogP contribution >= 0.6 is 0 Å². The number of rotatable bonds is 25. The molecule has 382 valence electrons. The van der Waals surface area contributed by atoms with Crippen molar-refractivity contribution in [1.29, 1.82) is 0 Å². The molecule has 0 bridgehead atoms. The predicted octanol–water partition coefficient (Wildman–Crippen LogP) is 6.25. The van der Waals surface area contributed by atoms with Crippen LogP contribution in [0.15, 0.2) is 42.0 Å². The number of likely N-dealkylation sites (N-methyl/N-ethyl adjacent to an activating group) is 3. The molecular formula is C50H75F2N3O13. The van der Waals surface area contributed by atoms with E-state index in [1.165, 1.54) is 55.8 Å². The second-order valence-corrected chi connectivity index (χ2v) is 19.5. The first-order valence-corrected chi connectivity index (χ1v) is 23.6. The van der Waals surface area contributed by atoms with Crippen molar-refractivity contribution >= 4 is 41.6 Å². The highest BCUT2D eigenvalue weighted by atomic mass is 19.1. The van der Waals surface area contributed by atoms with Gasteiger partial charge in [-0.3, -0.25) is 14.4 Å². The van der Waals surface area contributed by atoms with E-state index in [0.717, 1.165) is 20.3 Å². The molecule has 1 saturated heterocycles. The molecule has 3 amide bonds. The first kappa shape index (κ1) is 57.3. The summed E-state index contributed by atoms with van der Waals surface area (Å²) in [6.07, 6.45) is -1.92. The van der Waals surface area contributed by atoms with Crippen molar-refractivity contribution in [2.75, 3.05) is 47.6 Å². The van der Waals surface area contributed by atoms with E-state index in [2.05, 4.69) is 0 Å². The lowest BCUT2D eigenvalue weighted by Gasteiger charge is -2.35. The Morgan fingerprint density at radius 3 is 1.78 bits per heavy atom. The van der Waals surface area contributed by atoms with Gasteiger partial charge in [0, 0.05) is 60.0 Å². The average Bonchev–Trinajstić information content (AvgIpc) is 3.29. The Hall–Kier alpha value is -4.97. The molecule has 0 aliphatic carbocycles. The fraction of sp³-hybridized carbons (Fsp3) is 0.700. The standard InChI is InChI=1S/C50H75F2N3O13/c1-12-42(56)53(9)38(29-49(5,6)51)46(60)67-40(27-34-18-22-63-23-19-34)44(58)54(10)37(26-32(2)3)45(59)66-33(4)43(57)55(11)39(30-50(7,8)52)47(61)68-41(28-35-20-24-64-25-21-35)48(62)65-31-36-16-14-13-15-17-36/h13-17,20,32-34,37-41H,12,18-19,21-31H2,1-11H3/t33-,37+,38+,39+,40-,41-/m1/s1. The molecule has 0 spiro atoms. The van der Waals surface area contributed by atoms with Crippen molar-refractivity contribution in [3.05, 3.63) is 47.5 Å². The van der Waals surface area contributed by atoms with Gasteiger partial charge in [0.25, 0.3) is 11.8 Å². The number of nitrogens with zero attached hydrogens (tertiary/aromatic N) is 3. The molecule has 0 radical (unpaired) electrons. The highest BCUT2D eigenvalue weighted by Gasteiger charge is 2.43.